The number of carbonyl (C=O) groups excluding carboxylic acids is 1. The number of carbonyl (C=O) groups is 1. The van der Waals surface area contributed by atoms with Gasteiger partial charge in [0.15, 0.2) is 11.0 Å². The lowest BCUT2D eigenvalue weighted by atomic mass is 10.0. The molecule has 0 radical (unpaired) electrons. The quantitative estimate of drug-likeness (QED) is 0.274. The van der Waals surface area contributed by atoms with Crippen molar-refractivity contribution in [2.45, 2.75) is 49.1 Å². The van der Waals surface area contributed by atoms with Crippen molar-refractivity contribution in [3.63, 3.8) is 0 Å². The molecule has 3 aromatic rings. The third kappa shape index (κ3) is 6.33. The monoisotopic (exact) mass is 582 g/mol. The van der Waals surface area contributed by atoms with Gasteiger partial charge < -0.3 is 15.1 Å². The molecule has 1 fully saturated rings. The maximum absolute atomic E-state index is 13.5. The Morgan fingerprint density at radius 3 is 2.48 bits per heavy atom. The molecule has 2 aromatic heterocycles. The number of alkyl halides is 4. The van der Waals surface area contributed by atoms with Crippen LogP contribution in [-0.2, 0) is 6.54 Å². The molecule has 0 atom stereocenters. The Morgan fingerprint density at radius 2 is 1.82 bits per heavy atom. The number of piperazine rings is 1. The molecule has 5 rings (SSSR count). The highest BCUT2D eigenvalue weighted by Gasteiger charge is 2.37. The molecule has 1 saturated heterocycles. The van der Waals surface area contributed by atoms with E-state index in [1.807, 2.05) is 32.9 Å². The number of anilines is 3. The van der Waals surface area contributed by atoms with Crippen LogP contribution in [0.25, 0.3) is 0 Å². The van der Waals surface area contributed by atoms with E-state index in [4.69, 9.17) is 4.98 Å². The third-order valence-electron chi connectivity index (χ3n) is 6.98. The fourth-order valence-electron chi connectivity index (χ4n) is 4.79. The molecule has 0 bridgehead atoms. The summed E-state index contributed by atoms with van der Waals surface area (Å²) in [5, 5.41) is 10.7. The van der Waals surface area contributed by atoms with Gasteiger partial charge in [-0.2, -0.15) is 18.3 Å². The minimum atomic E-state index is -4.47. The number of amides is 1. The van der Waals surface area contributed by atoms with Crippen LogP contribution in [0.15, 0.2) is 40.4 Å². The van der Waals surface area contributed by atoms with E-state index in [0.717, 1.165) is 10.6 Å². The predicted molar refractivity (Wildman–Crippen MR) is 148 cm³/mol. The zero-order valence-corrected chi connectivity index (χ0v) is 23.2. The zero-order chi connectivity index (χ0) is 28.7. The number of nitrogens with zero attached hydrogens (tertiary/aromatic N) is 6. The van der Waals surface area contributed by atoms with E-state index in [1.165, 1.54) is 11.8 Å². The maximum Gasteiger partial charge on any atom is 0.406 e. The van der Waals surface area contributed by atoms with Crippen LogP contribution in [0.2, 0.25) is 0 Å². The van der Waals surface area contributed by atoms with Crippen molar-refractivity contribution in [1.82, 2.24) is 30.0 Å². The second-order valence-electron chi connectivity index (χ2n) is 10.6. The topological polar surface area (TPSA) is 93.3 Å². The van der Waals surface area contributed by atoms with Crippen molar-refractivity contribution in [3.05, 3.63) is 47.2 Å². The Balaban J connectivity index is 0.00000242. The molecule has 0 spiro atoms. The van der Waals surface area contributed by atoms with Gasteiger partial charge in [-0.3, -0.25) is 14.8 Å². The fourth-order valence-corrected chi connectivity index (χ4v) is 5.62. The smallest absolute Gasteiger partial charge is 0.354 e. The third-order valence-corrected chi connectivity index (χ3v) is 7.83. The lowest BCUT2D eigenvalue weighted by Gasteiger charge is -2.43. The second kappa shape index (κ2) is 10.9. The summed E-state index contributed by atoms with van der Waals surface area (Å²) in [5.74, 6) is 1.18. The number of hydrogen-bond acceptors (Lipinski definition) is 8. The summed E-state index contributed by atoms with van der Waals surface area (Å²) in [6.45, 7) is 6.51. The van der Waals surface area contributed by atoms with E-state index in [1.54, 1.807) is 18.2 Å². The summed E-state index contributed by atoms with van der Waals surface area (Å²) in [4.78, 5) is 27.6. The van der Waals surface area contributed by atoms with Crippen molar-refractivity contribution in [1.29, 1.82) is 0 Å². The Morgan fingerprint density at radius 1 is 1.07 bits per heavy atom. The van der Waals surface area contributed by atoms with Crippen LogP contribution in [-0.4, -0.2) is 87.0 Å². The first-order valence-corrected chi connectivity index (χ1v) is 13.6. The molecule has 2 aliphatic heterocycles. The van der Waals surface area contributed by atoms with Gasteiger partial charge in [-0.25, -0.2) is 14.4 Å². The van der Waals surface area contributed by atoms with E-state index < -0.39 is 30.8 Å². The van der Waals surface area contributed by atoms with Crippen molar-refractivity contribution < 1.29 is 25.2 Å². The highest BCUT2D eigenvalue weighted by Crippen LogP contribution is 2.34. The number of H-pyrrole nitrogens is 1. The van der Waals surface area contributed by atoms with Gasteiger partial charge in [0.25, 0.3) is 5.91 Å². The number of halogens is 4. The molecule has 14 heteroatoms. The SMILES string of the molecule is Cc1cc(Nc2cc(N3CCN(C(C)(C)CF)CC3)nc(Sc3ccc4c(c3)CN(CC(F)(F)F)C4=O)n2)n[nH]1.[HH].[HH]. The Kier molecular flexibility index (Phi) is 7.66. The van der Waals surface area contributed by atoms with Gasteiger partial charge in [0, 0.05) is 69.4 Å². The first-order valence-electron chi connectivity index (χ1n) is 12.8. The average Bonchev–Trinajstić information content (AvgIpc) is 3.44. The van der Waals surface area contributed by atoms with Crippen molar-refractivity contribution >= 4 is 35.1 Å². The van der Waals surface area contributed by atoms with Gasteiger partial charge in [0.1, 0.15) is 24.9 Å². The molecule has 1 aromatic carbocycles. The van der Waals surface area contributed by atoms with Crippen LogP contribution >= 0.6 is 11.8 Å². The second-order valence-corrected chi connectivity index (χ2v) is 11.6. The number of aryl methyl sites for hydroxylation is 1. The minimum Gasteiger partial charge on any atom is -0.354 e. The van der Waals surface area contributed by atoms with Gasteiger partial charge in [-0.1, -0.05) is 0 Å². The Hall–Kier alpha value is -3.39. The molecule has 1 amide bonds. The van der Waals surface area contributed by atoms with Gasteiger partial charge in [0.2, 0.25) is 0 Å². The largest absolute Gasteiger partial charge is 0.406 e. The van der Waals surface area contributed by atoms with Crippen LogP contribution in [0.5, 0.6) is 0 Å². The molecule has 2 N–H and O–H groups in total. The molecular weight excluding hydrogens is 548 g/mol. The van der Waals surface area contributed by atoms with Crippen LogP contribution in [0.1, 0.15) is 38.3 Å². The minimum absolute atomic E-state index is 0. The molecule has 40 heavy (non-hydrogen) atoms. The maximum atomic E-state index is 13.5. The van der Waals surface area contributed by atoms with Crippen LogP contribution in [0.3, 0.4) is 0 Å². The summed E-state index contributed by atoms with van der Waals surface area (Å²) in [7, 11) is 0. The molecule has 218 valence electrons. The summed E-state index contributed by atoms with van der Waals surface area (Å²) in [6, 6.07) is 8.64. The van der Waals surface area contributed by atoms with Crippen LogP contribution < -0.4 is 10.2 Å². The van der Waals surface area contributed by atoms with Crippen LogP contribution in [0, 0.1) is 6.92 Å². The number of hydrogen-bond donors (Lipinski definition) is 2. The summed E-state index contributed by atoms with van der Waals surface area (Å²) >= 11 is 1.26. The molecule has 0 saturated carbocycles. The van der Waals surface area contributed by atoms with Gasteiger partial charge >= 0.3 is 6.18 Å². The van der Waals surface area contributed by atoms with Gasteiger partial charge in [-0.15, -0.1) is 0 Å². The number of aromatic nitrogens is 4. The van der Waals surface area contributed by atoms with Crippen molar-refractivity contribution in [3.8, 4) is 0 Å². The molecule has 2 aliphatic rings. The first-order chi connectivity index (χ1) is 18.9. The molecular formula is C26H34F4N8OS. The first kappa shape index (κ1) is 28.1. The standard InChI is InChI=1S/C26H30F4N8OS.2H2/c1-16-10-21(35-34-16)31-20-12-22(36-6-8-38(9-7-36)25(2,3)14-27)33-24(32-20)40-18-4-5-19-17(11-18)13-37(23(19)39)15-26(28,29)30;;/h4-5,10-12H,6-9,13-15H2,1-3H3,(H2,31,32,33,34,35);2*1H. The number of aromatic amines is 1. The number of fused-ring (bicyclic) bond motifs is 1. The van der Waals surface area contributed by atoms with Gasteiger partial charge in [0.05, 0.1) is 0 Å². The summed E-state index contributed by atoms with van der Waals surface area (Å²) in [5.41, 5.74) is 1.15. The van der Waals surface area contributed by atoms with E-state index in [0.29, 0.717) is 59.2 Å². The summed E-state index contributed by atoms with van der Waals surface area (Å²) in [6.07, 6.45) is -4.47. The van der Waals surface area contributed by atoms with E-state index in [2.05, 4.69) is 30.3 Å². The number of rotatable bonds is 8. The number of nitrogens with one attached hydrogen (secondary N) is 2. The molecule has 0 aliphatic carbocycles. The predicted octanol–water partition coefficient (Wildman–Crippen LogP) is 5.28. The van der Waals surface area contributed by atoms with Crippen molar-refractivity contribution in [2.75, 3.05) is 49.6 Å². The van der Waals surface area contributed by atoms with Crippen molar-refractivity contribution in [2.24, 2.45) is 0 Å². The molecule has 9 nitrogen and oxygen atoms in total. The van der Waals surface area contributed by atoms with E-state index in [9.17, 15) is 22.4 Å². The molecule has 4 heterocycles. The fraction of sp³-hybridized carbons (Fsp3) is 0.462. The van der Waals surface area contributed by atoms with Crippen LogP contribution in [0.4, 0.5) is 35.0 Å². The van der Waals surface area contributed by atoms with E-state index in [-0.39, 0.29) is 15.0 Å². The van der Waals surface area contributed by atoms with Gasteiger partial charge in [-0.05, 0) is 56.3 Å². The number of benzene rings is 1. The Bertz CT molecular complexity index is 1400. The highest BCUT2D eigenvalue weighted by molar-refractivity contribution is 7.99. The summed E-state index contributed by atoms with van der Waals surface area (Å²) < 4.78 is 52.2. The highest BCUT2D eigenvalue weighted by atomic mass is 32.2. The average molecular weight is 583 g/mol. The Labute approximate surface area is 236 Å². The molecule has 0 unspecified atom stereocenters. The lowest BCUT2D eigenvalue weighted by Crippen LogP contribution is -2.55. The lowest BCUT2D eigenvalue weighted by molar-refractivity contribution is -0.140. The normalized spacial score (nSPS) is 16.5. The van der Waals surface area contributed by atoms with E-state index >= 15 is 0 Å². The zero-order valence-electron chi connectivity index (χ0n) is 22.3.